The molecule has 2 N–H and O–H groups in total. The van der Waals surface area contributed by atoms with E-state index in [1.165, 1.54) is 35.1 Å². The number of hydrogen-bond donors (Lipinski definition) is 2. The molecule has 1 aliphatic rings. The third kappa shape index (κ3) is 3.65. The lowest BCUT2D eigenvalue weighted by molar-refractivity contribution is 0.414. The van der Waals surface area contributed by atoms with Gasteiger partial charge in [0.15, 0.2) is 0 Å². The molecule has 2 rings (SSSR count). The predicted molar refractivity (Wildman–Crippen MR) is 73.3 cm³/mol. The quantitative estimate of drug-likeness (QED) is 0.838. The van der Waals surface area contributed by atoms with E-state index < -0.39 is 0 Å². The molecule has 0 bridgehead atoms. The third-order valence-corrected chi connectivity index (χ3v) is 3.53. The van der Waals surface area contributed by atoms with Gasteiger partial charge in [0, 0.05) is 21.8 Å². The molecule has 1 unspecified atom stereocenters. The highest BCUT2D eigenvalue weighted by molar-refractivity contribution is 14.1. The molecule has 1 aromatic carbocycles. The molecule has 2 nitrogen and oxygen atoms in total. The molecule has 0 amide bonds. The van der Waals surface area contributed by atoms with E-state index in [1.54, 1.807) is 0 Å². The molecule has 1 aliphatic heterocycles. The lowest BCUT2D eigenvalue weighted by Gasteiger charge is -2.24. The van der Waals surface area contributed by atoms with Crippen LogP contribution in [-0.4, -0.2) is 19.1 Å². The van der Waals surface area contributed by atoms with Gasteiger partial charge in [0.2, 0.25) is 0 Å². The zero-order valence-corrected chi connectivity index (χ0v) is 11.0. The fraction of sp³-hybridized carbons (Fsp3) is 0.500. The fourth-order valence-electron chi connectivity index (χ4n) is 1.91. The summed E-state index contributed by atoms with van der Waals surface area (Å²) in [4.78, 5) is 0. The topological polar surface area (TPSA) is 24.1 Å². The van der Waals surface area contributed by atoms with Gasteiger partial charge in [0.25, 0.3) is 0 Å². The number of nitrogens with one attached hydrogen (secondary N) is 2. The highest BCUT2D eigenvalue weighted by atomic mass is 127. The van der Waals surface area contributed by atoms with Crippen molar-refractivity contribution in [2.75, 3.05) is 18.4 Å². The fourth-order valence-corrected chi connectivity index (χ4v) is 2.27. The van der Waals surface area contributed by atoms with Gasteiger partial charge in [-0.25, -0.2) is 0 Å². The van der Waals surface area contributed by atoms with Crippen LogP contribution in [0.2, 0.25) is 0 Å². The van der Waals surface area contributed by atoms with Crippen molar-refractivity contribution in [1.29, 1.82) is 0 Å². The van der Waals surface area contributed by atoms with Gasteiger partial charge in [-0.05, 0) is 66.2 Å². The number of halogens is 1. The number of rotatable bonds is 3. The molecule has 1 heterocycles. The minimum absolute atomic E-state index is 0.651. The van der Waals surface area contributed by atoms with Gasteiger partial charge in [-0.3, -0.25) is 0 Å². The van der Waals surface area contributed by atoms with Gasteiger partial charge in [-0.15, -0.1) is 0 Å². The summed E-state index contributed by atoms with van der Waals surface area (Å²) >= 11 is 2.33. The normalized spacial score (nSPS) is 21.3. The van der Waals surface area contributed by atoms with Crippen molar-refractivity contribution >= 4 is 28.3 Å². The highest BCUT2D eigenvalue weighted by Gasteiger charge is 2.11. The van der Waals surface area contributed by atoms with E-state index in [2.05, 4.69) is 57.5 Å². The van der Waals surface area contributed by atoms with E-state index in [0.717, 1.165) is 6.54 Å². The second kappa shape index (κ2) is 5.70. The molecule has 1 fully saturated rings. The van der Waals surface area contributed by atoms with Gasteiger partial charge >= 0.3 is 0 Å². The predicted octanol–water partition coefficient (Wildman–Crippen LogP) is 2.85. The van der Waals surface area contributed by atoms with Crippen LogP contribution in [0.3, 0.4) is 0 Å². The van der Waals surface area contributed by atoms with Crippen LogP contribution in [0, 0.1) is 3.57 Å². The van der Waals surface area contributed by atoms with Crippen LogP contribution in [0.4, 0.5) is 5.69 Å². The Kier molecular flexibility index (Phi) is 4.26. The van der Waals surface area contributed by atoms with Crippen LogP contribution in [0.1, 0.15) is 19.3 Å². The van der Waals surface area contributed by atoms with Crippen molar-refractivity contribution in [1.82, 2.24) is 5.32 Å². The van der Waals surface area contributed by atoms with Crippen molar-refractivity contribution in [2.45, 2.75) is 25.3 Å². The van der Waals surface area contributed by atoms with Crippen LogP contribution in [0.15, 0.2) is 24.3 Å². The first-order chi connectivity index (χ1) is 7.34. The first-order valence-corrected chi connectivity index (χ1v) is 6.65. The Morgan fingerprint density at radius 1 is 1.27 bits per heavy atom. The van der Waals surface area contributed by atoms with Gasteiger partial charge in [-0.2, -0.15) is 0 Å². The molecule has 1 saturated heterocycles. The molecule has 0 spiro atoms. The maximum atomic E-state index is 3.54. The van der Waals surface area contributed by atoms with E-state index in [1.807, 2.05) is 0 Å². The summed E-state index contributed by atoms with van der Waals surface area (Å²) < 4.78 is 1.29. The van der Waals surface area contributed by atoms with E-state index in [0.29, 0.717) is 6.04 Å². The lowest BCUT2D eigenvalue weighted by atomic mass is 10.1. The molecular formula is C12H17IN2. The summed E-state index contributed by atoms with van der Waals surface area (Å²) in [5.74, 6) is 0. The standard InChI is InChI=1S/C12H17IN2/c13-10-4-6-11(7-5-10)15-9-12-3-1-2-8-14-12/h4-7,12,14-15H,1-3,8-9H2. The first-order valence-electron chi connectivity index (χ1n) is 5.57. The van der Waals surface area contributed by atoms with E-state index in [4.69, 9.17) is 0 Å². The van der Waals surface area contributed by atoms with Crippen LogP contribution in [-0.2, 0) is 0 Å². The molecule has 0 radical (unpaired) electrons. The Balaban J connectivity index is 1.79. The molecule has 15 heavy (non-hydrogen) atoms. The molecule has 0 aliphatic carbocycles. The molecule has 3 heteroatoms. The summed E-state index contributed by atoms with van der Waals surface area (Å²) in [6.07, 6.45) is 4.00. The van der Waals surface area contributed by atoms with Crippen molar-refractivity contribution in [2.24, 2.45) is 0 Å². The average Bonchev–Trinajstić information content (AvgIpc) is 2.30. The van der Waals surface area contributed by atoms with Crippen molar-refractivity contribution < 1.29 is 0 Å². The Hall–Kier alpha value is -0.290. The Morgan fingerprint density at radius 2 is 2.07 bits per heavy atom. The monoisotopic (exact) mass is 316 g/mol. The smallest absolute Gasteiger partial charge is 0.0341 e. The van der Waals surface area contributed by atoms with Gasteiger partial charge in [-0.1, -0.05) is 6.42 Å². The summed E-state index contributed by atoms with van der Waals surface area (Å²) in [7, 11) is 0. The maximum absolute atomic E-state index is 3.54. The maximum Gasteiger partial charge on any atom is 0.0341 e. The second-order valence-corrected chi connectivity index (χ2v) is 5.28. The summed E-state index contributed by atoms with van der Waals surface area (Å²) in [6, 6.07) is 9.21. The number of anilines is 1. The Labute approximate surface area is 105 Å². The molecule has 0 aromatic heterocycles. The summed E-state index contributed by atoms with van der Waals surface area (Å²) in [5.41, 5.74) is 1.22. The van der Waals surface area contributed by atoms with E-state index >= 15 is 0 Å². The molecular weight excluding hydrogens is 299 g/mol. The molecule has 82 valence electrons. The zero-order chi connectivity index (χ0) is 10.5. The van der Waals surface area contributed by atoms with Crippen LogP contribution < -0.4 is 10.6 Å². The largest absolute Gasteiger partial charge is 0.383 e. The minimum atomic E-state index is 0.651. The Morgan fingerprint density at radius 3 is 2.73 bits per heavy atom. The van der Waals surface area contributed by atoms with Crippen molar-refractivity contribution in [3.63, 3.8) is 0 Å². The van der Waals surface area contributed by atoms with Gasteiger partial charge < -0.3 is 10.6 Å². The van der Waals surface area contributed by atoms with Crippen LogP contribution in [0.25, 0.3) is 0 Å². The van der Waals surface area contributed by atoms with Gasteiger partial charge in [0.1, 0.15) is 0 Å². The van der Waals surface area contributed by atoms with Crippen molar-refractivity contribution in [3.8, 4) is 0 Å². The van der Waals surface area contributed by atoms with E-state index in [-0.39, 0.29) is 0 Å². The van der Waals surface area contributed by atoms with Crippen LogP contribution >= 0.6 is 22.6 Å². The highest BCUT2D eigenvalue weighted by Crippen LogP contribution is 2.12. The lowest BCUT2D eigenvalue weighted by Crippen LogP contribution is -2.39. The Bertz CT molecular complexity index is 291. The minimum Gasteiger partial charge on any atom is -0.383 e. The second-order valence-electron chi connectivity index (χ2n) is 4.03. The van der Waals surface area contributed by atoms with E-state index in [9.17, 15) is 0 Å². The number of benzene rings is 1. The molecule has 1 atom stereocenters. The van der Waals surface area contributed by atoms with Crippen molar-refractivity contribution in [3.05, 3.63) is 27.8 Å². The number of piperidine rings is 1. The number of hydrogen-bond acceptors (Lipinski definition) is 2. The molecule has 0 saturated carbocycles. The zero-order valence-electron chi connectivity index (χ0n) is 8.80. The molecule has 1 aromatic rings. The SMILES string of the molecule is Ic1ccc(NCC2CCCCN2)cc1. The summed E-state index contributed by atoms with van der Waals surface area (Å²) in [6.45, 7) is 2.22. The average molecular weight is 316 g/mol. The van der Waals surface area contributed by atoms with Gasteiger partial charge in [0.05, 0.1) is 0 Å². The van der Waals surface area contributed by atoms with Crippen LogP contribution in [0.5, 0.6) is 0 Å². The third-order valence-electron chi connectivity index (χ3n) is 2.81. The first kappa shape index (κ1) is 11.2. The summed E-state index contributed by atoms with van der Waals surface area (Å²) in [5, 5.41) is 7.01.